The molecule has 0 amide bonds. The van der Waals surface area contributed by atoms with Crippen molar-refractivity contribution < 1.29 is 9.90 Å². The Morgan fingerprint density at radius 2 is 2.23 bits per heavy atom. The zero-order chi connectivity index (χ0) is 10.0. The molecule has 1 heterocycles. The van der Waals surface area contributed by atoms with Crippen molar-refractivity contribution in [3.05, 3.63) is 18.0 Å². The first-order valence-electron chi connectivity index (χ1n) is 4.24. The summed E-state index contributed by atoms with van der Waals surface area (Å²) in [5, 5.41) is 13.0. The average Bonchev–Trinajstić information content (AvgIpc) is 2.34. The molecular formula is C9H14N2O2. The highest BCUT2D eigenvalue weighted by atomic mass is 16.4. The molecule has 0 aliphatic heterocycles. The van der Waals surface area contributed by atoms with Crippen LogP contribution in [0.15, 0.2) is 12.3 Å². The molecule has 1 atom stereocenters. The molecule has 1 unspecified atom stereocenters. The number of carbonyl (C=O) groups is 1. The van der Waals surface area contributed by atoms with Gasteiger partial charge in [-0.25, -0.2) is 0 Å². The van der Waals surface area contributed by atoms with Crippen LogP contribution in [-0.4, -0.2) is 20.9 Å². The minimum Gasteiger partial charge on any atom is -0.481 e. The third-order valence-electron chi connectivity index (χ3n) is 1.99. The lowest BCUT2D eigenvalue weighted by Crippen LogP contribution is -2.18. The van der Waals surface area contributed by atoms with Crippen LogP contribution in [0.4, 0.5) is 0 Å². The second kappa shape index (κ2) is 3.60. The van der Waals surface area contributed by atoms with Gasteiger partial charge in [-0.2, -0.15) is 5.10 Å². The second-order valence-corrected chi connectivity index (χ2v) is 3.47. The van der Waals surface area contributed by atoms with Crippen LogP contribution in [0.3, 0.4) is 0 Å². The maximum Gasteiger partial charge on any atom is 0.312 e. The van der Waals surface area contributed by atoms with Crippen LogP contribution >= 0.6 is 0 Å². The van der Waals surface area contributed by atoms with Gasteiger partial charge in [-0.1, -0.05) is 13.8 Å². The van der Waals surface area contributed by atoms with E-state index in [1.54, 1.807) is 24.0 Å². The molecule has 1 aromatic heterocycles. The van der Waals surface area contributed by atoms with E-state index in [-0.39, 0.29) is 5.92 Å². The van der Waals surface area contributed by atoms with E-state index in [9.17, 15) is 4.79 Å². The summed E-state index contributed by atoms with van der Waals surface area (Å²) in [5.41, 5.74) is 0.630. The lowest BCUT2D eigenvalue weighted by molar-refractivity contribution is -0.140. The zero-order valence-corrected chi connectivity index (χ0v) is 8.06. The average molecular weight is 182 g/mol. The SMILES string of the molecule is CC(C)C(C(=O)O)c1ccn(C)n1. The summed E-state index contributed by atoms with van der Waals surface area (Å²) in [6, 6.07) is 1.75. The van der Waals surface area contributed by atoms with Gasteiger partial charge in [0.15, 0.2) is 0 Å². The fraction of sp³-hybridized carbons (Fsp3) is 0.556. The van der Waals surface area contributed by atoms with E-state index in [1.165, 1.54) is 0 Å². The van der Waals surface area contributed by atoms with Crippen molar-refractivity contribution in [2.24, 2.45) is 13.0 Å². The molecule has 1 rings (SSSR count). The van der Waals surface area contributed by atoms with E-state index in [0.717, 1.165) is 0 Å². The topological polar surface area (TPSA) is 55.1 Å². The van der Waals surface area contributed by atoms with Gasteiger partial charge in [0.05, 0.1) is 5.69 Å². The number of aliphatic carboxylic acids is 1. The molecule has 1 N–H and O–H groups in total. The maximum atomic E-state index is 10.9. The largest absolute Gasteiger partial charge is 0.481 e. The van der Waals surface area contributed by atoms with Gasteiger partial charge in [0.25, 0.3) is 0 Å². The summed E-state index contributed by atoms with van der Waals surface area (Å²) in [6.45, 7) is 3.76. The van der Waals surface area contributed by atoms with Gasteiger partial charge < -0.3 is 5.11 Å². The van der Waals surface area contributed by atoms with Crippen molar-refractivity contribution in [1.29, 1.82) is 0 Å². The third kappa shape index (κ3) is 2.08. The number of nitrogens with zero attached hydrogens (tertiary/aromatic N) is 2. The fourth-order valence-electron chi connectivity index (χ4n) is 1.35. The minimum absolute atomic E-state index is 0.0624. The Hall–Kier alpha value is -1.32. The van der Waals surface area contributed by atoms with Crippen molar-refractivity contribution in [2.45, 2.75) is 19.8 Å². The summed E-state index contributed by atoms with van der Waals surface area (Å²) in [4.78, 5) is 10.9. The normalized spacial score (nSPS) is 13.2. The van der Waals surface area contributed by atoms with Crippen LogP contribution in [0.5, 0.6) is 0 Å². The van der Waals surface area contributed by atoms with Crippen LogP contribution in [-0.2, 0) is 11.8 Å². The van der Waals surface area contributed by atoms with Crippen molar-refractivity contribution in [3.8, 4) is 0 Å². The summed E-state index contributed by atoms with van der Waals surface area (Å²) < 4.78 is 1.62. The van der Waals surface area contributed by atoms with Crippen LogP contribution in [0.1, 0.15) is 25.5 Å². The molecule has 0 aliphatic carbocycles. The molecule has 4 nitrogen and oxygen atoms in total. The summed E-state index contributed by atoms with van der Waals surface area (Å²) >= 11 is 0. The van der Waals surface area contributed by atoms with Crippen LogP contribution in [0.2, 0.25) is 0 Å². The van der Waals surface area contributed by atoms with E-state index < -0.39 is 11.9 Å². The van der Waals surface area contributed by atoms with E-state index in [2.05, 4.69) is 5.10 Å². The lowest BCUT2D eigenvalue weighted by Gasteiger charge is -2.12. The van der Waals surface area contributed by atoms with Crippen molar-refractivity contribution in [1.82, 2.24) is 9.78 Å². The first-order valence-corrected chi connectivity index (χ1v) is 4.24. The van der Waals surface area contributed by atoms with Crippen molar-refractivity contribution in [3.63, 3.8) is 0 Å². The quantitative estimate of drug-likeness (QED) is 0.765. The number of aromatic nitrogens is 2. The smallest absolute Gasteiger partial charge is 0.312 e. The molecule has 0 spiro atoms. The zero-order valence-electron chi connectivity index (χ0n) is 8.06. The third-order valence-corrected chi connectivity index (χ3v) is 1.99. The number of aryl methyl sites for hydroxylation is 1. The van der Waals surface area contributed by atoms with Crippen LogP contribution in [0.25, 0.3) is 0 Å². The highest BCUT2D eigenvalue weighted by Crippen LogP contribution is 2.22. The summed E-state index contributed by atoms with van der Waals surface area (Å²) in [5.74, 6) is -1.25. The van der Waals surface area contributed by atoms with Gasteiger partial charge in [0.2, 0.25) is 0 Å². The Bertz CT molecular complexity index is 304. The molecule has 0 saturated carbocycles. The molecule has 0 aromatic carbocycles. The molecule has 0 radical (unpaired) electrons. The van der Waals surface area contributed by atoms with Crippen LogP contribution in [0, 0.1) is 5.92 Å². The standard InChI is InChI=1S/C9H14N2O2/c1-6(2)8(9(12)13)7-4-5-11(3)10-7/h4-6,8H,1-3H3,(H,12,13). The molecule has 0 saturated heterocycles. The highest BCUT2D eigenvalue weighted by Gasteiger charge is 2.25. The molecule has 0 aliphatic rings. The molecular weight excluding hydrogens is 168 g/mol. The molecule has 72 valence electrons. The predicted molar refractivity (Wildman–Crippen MR) is 48.4 cm³/mol. The Morgan fingerprint density at radius 3 is 2.54 bits per heavy atom. The molecule has 13 heavy (non-hydrogen) atoms. The van der Waals surface area contributed by atoms with Gasteiger partial charge in [-0.15, -0.1) is 0 Å². The molecule has 1 aromatic rings. The molecule has 4 heteroatoms. The minimum atomic E-state index is -0.811. The van der Waals surface area contributed by atoms with Gasteiger partial charge in [0.1, 0.15) is 5.92 Å². The van der Waals surface area contributed by atoms with Gasteiger partial charge in [0, 0.05) is 13.2 Å². The Morgan fingerprint density at radius 1 is 1.62 bits per heavy atom. The highest BCUT2D eigenvalue weighted by molar-refractivity contribution is 5.75. The van der Waals surface area contributed by atoms with E-state index in [0.29, 0.717) is 5.69 Å². The van der Waals surface area contributed by atoms with Crippen molar-refractivity contribution >= 4 is 5.97 Å². The number of hydrogen-bond donors (Lipinski definition) is 1. The molecule has 0 bridgehead atoms. The number of hydrogen-bond acceptors (Lipinski definition) is 2. The predicted octanol–water partition coefficient (Wildman–Crippen LogP) is 1.24. The summed E-state index contributed by atoms with van der Waals surface area (Å²) in [6.07, 6.45) is 1.76. The van der Waals surface area contributed by atoms with Gasteiger partial charge >= 0.3 is 5.97 Å². The van der Waals surface area contributed by atoms with E-state index >= 15 is 0 Å². The second-order valence-electron chi connectivity index (χ2n) is 3.47. The van der Waals surface area contributed by atoms with Gasteiger partial charge in [-0.3, -0.25) is 9.48 Å². The lowest BCUT2D eigenvalue weighted by atomic mass is 9.93. The maximum absolute atomic E-state index is 10.9. The summed E-state index contributed by atoms with van der Waals surface area (Å²) in [7, 11) is 1.78. The van der Waals surface area contributed by atoms with Gasteiger partial charge in [-0.05, 0) is 12.0 Å². The first-order chi connectivity index (χ1) is 6.02. The number of rotatable bonds is 3. The van der Waals surface area contributed by atoms with E-state index in [4.69, 9.17) is 5.11 Å². The van der Waals surface area contributed by atoms with Crippen molar-refractivity contribution in [2.75, 3.05) is 0 Å². The monoisotopic (exact) mass is 182 g/mol. The van der Waals surface area contributed by atoms with Crippen LogP contribution < -0.4 is 0 Å². The molecule has 0 fully saturated rings. The van der Waals surface area contributed by atoms with E-state index in [1.807, 2.05) is 13.8 Å². The Kier molecular flexibility index (Phi) is 2.70. The first kappa shape index (κ1) is 9.77. The number of carboxylic acid groups (broad SMARTS) is 1. The Labute approximate surface area is 77.2 Å². The fourth-order valence-corrected chi connectivity index (χ4v) is 1.35. The Balaban J connectivity index is 2.95. The number of carboxylic acids is 1.